The van der Waals surface area contributed by atoms with Crippen LogP contribution in [0.4, 0.5) is 5.69 Å². The van der Waals surface area contributed by atoms with Gasteiger partial charge in [0.2, 0.25) is 5.91 Å². The average Bonchev–Trinajstić information content (AvgIpc) is 2.37. The van der Waals surface area contributed by atoms with Gasteiger partial charge in [-0.25, -0.2) is 0 Å². The van der Waals surface area contributed by atoms with Crippen molar-refractivity contribution in [2.24, 2.45) is 11.7 Å². The first kappa shape index (κ1) is 15.9. The van der Waals surface area contributed by atoms with Crippen molar-refractivity contribution in [1.29, 1.82) is 0 Å². The van der Waals surface area contributed by atoms with Crippen LogP contribution in [0.5, 0.6) is 0 Å². The minimum atomic E-state index is -0.00484. The molecule has 0 aromatic heterocycles. The van der Waals surface area contributed by atoms with Crippen LogP contribution in [0.15, 0.2) is 27.1 Å². The van der Waals surface area contributed by atoms with Gasteiger partial charge in [-0.3, -0.25) is 9.69 Å². The smallest absolute Gasteiger partial charge is 0.238 e. The van der Waals surface area contributed by atoms with E-state index in [1.807, 2.05) is 18.2 Å². The van der Waals surface area contributed by atoms with E-state index in [-0.39, 0.29) is 11.9 Å². The van der Waals surface area contributed by atoms with Gasteiger partial charge in [0.15, 0.2) is 0 Å². The highest BCUT2D eigenvalue weighted by molar-refractivity contribution is 9.11. The number of halogens is 2. The molecular formula is C14H19Br2N3O. The topological polar surface area (TPSA) is 58.4 Å². The molecule has 3 N–H and O–H groups in total. The van der Waals surface area contributed by atoms with Crippen molar-refractivity contribution in [3.05, 3.63) is 27.1 Å². The lowest BCUT2D eigenvalue weighted by molar-refractivity contribution is -0.117. The van der Waals surface area contributed by atoms with E-state index in [1.54, 1.807) is 0 Å². The summed E-state index contributed by atoms with van der Waals surface area (Å²) in [5.74, 6) is 0.532. The van der Waals surface area contributed by atoms with Gasteiger partial charge in [-0.15, -0.1) is 0 Å². The molecule has 2 rings (SSSR count). The summed E-state index contributed by atoms with van der Waals surface area (Å²) in [7, 11) is 0. The third-order valence-electron chi connectivity index (χ3n) is 3.67. The molecule has 1 saturated heterocycles. The molecule has 0 aliphatic carbocycles. The van der Waals surface area contributed by atoms with E-state index >= 15 is 0 Å². The first-order valence-electron chi connectivity index (χ1n) is 6.68. The van der Waals surface area contributed by atoms with E-state index in [0.29, 0.717) is 12.5 Å². The summed E-state index contributed by atoms with van der Waals surface area (Å²) in [5.41, 5.74) is 6.84. The van der Waals surface area contributed by atoms with Crippen LogP contribution in [-0.2, 0) is 4.79 Å². The van der Waals surface area contributed by atoms with E-state index in [1.165, 1.54) is 0 Å². The number of amides is 1. The summed E-state index contributed by atoms with van der Waals surface area (Å²) in [6.07, 6.45) is 1.05. The van der Waals surface area contributed by atoms with Crippen LogP contribution in [0, 0.1) is 5.92 Å². The summed E-state index contributed by atoms with van der Waals surface area (Å²) in [5, 5.41) is 2.92. The molecule has 0 bridgehead atoms. The van der Waals surface area contributed by atoms with Gasteiger partial charge in [0.05, 0.1) is 12.2 Å². The highest BCUT2D eigenvalue weighted by atomic mass is 79.9. The monoisotopic (exact) mass is 403 g/mol. The largest absolute Gasteiger partial charge is 0.326 e. The van der Waals surface area contributed by atoms with Crippen molar-refractivity contribution in [3.8, 4) is 0 Å². The lowest BCUT2D eigenvalue weighted by Crippen LogP contribution is -2.49. The normalized spacial score (nSPS) is 23.6. The maximum absolute atomic E-state index is 12.1. The Morgan fingerprint density at radius 1 is 1.50 bits per heavy atom. The van der Waals surface area contributed by atoms with Crippen LogP contribution in [0.1, 0.15) is 13.3 Å². The van der Waals surface area contributed by atoms with Crippen molar-refractivity contribution >= 4 is 43.5 Å². The SMILES string of the molecule is CC1CCN(CC(=O)Nc2ccc(Br)cc2Br)CC1N. The zero-order valence-electron chi connectivity index (χ0n) is 11.4. The Bertz CT molecular complexity index is 495. The number of piperidine rings is 1. The van der Waals surface area contributed by atoms with E-state index in [0.717, 1.165) is 34.1 Å². The lowest BCUT2D eigenvalue weighted by Gasteiger charge is -2.34. The molecule has 0 spiro atoms. The summed E-state index contributed by atoms with van der Waals surface area (Å²) < 4.78 is 1.84. The first-order valence-corrected chi connectivity index (χ1v) is 8.27. The van der Waals surface area contributed by atoms with Gasteiger partial charge >= 0.3 is 0 Å². The third-order valence-corrected chi connectivity index (χ3v) is 4.82. The molecule has 20 heavy (non-hydrogen) atoms. The number of nitrogens with two attached hydrogens (primary N) is 1. The van der Waals surface area contributed by atoms with E-state index in [9.17, 15) is 4.79 Å². The number of nitrogens with one attached hydrogen (secondary N) is 1. The van der Waals surface area contributed by atoms with Crippen LogP contribution in [0.3, 0.4) is 0 Å². The first-order chi connectivity index (χ1) is 9.45. The molecule has 0 saturated carbocycles. The van der Waals surface area contributed by atoms with Crippen LogP contribution < -0.4 is 11.1 Å². The fourth-order valence-corrected chi connectivity index (χ4v) is 3.44. The number of hydrogen-bond donors (Lipinski definition) is 2. The molecule has 1 fully saturated rings. The van der Waals surface area contributed by atoms with Crippen LogP contribution in [0.25, 0.3) is 0 Å². The van der Waals surface area contributed by atoms with Crippen molar-refractivity contribution in [1.82, 2.24) is 4.90 Å². The standard InChI is InChI=1S/C14H19Br2N3O/c1-9-4-5-19(7-12(9)17)8-14(20)18-13-3-2-10(15)6-11(13)16/h2-3,6,9,12H,4-5,7-8,17H2,1H3,(H,18,20). The highest BCUT2D eigenvalue weighted by Crippen LogP contribution is 2.26. The molecule has 1 aromatic rings. The number of nitrogens with zero attached hydrogens (tertiary/aromatic N) is 1. The van der Waals surface area contributed by atoms with Gasteiger partial charge in [0.25, 0.3) is 0 Å². The van der Waals surface area contributed by atoms with Crippen LogP contribution >= 0.6 is 31.9 Å². The van der Waals surface area contributed by atoms with E-state index < -0.39 is 0 Å². The molecule has 1 aliphatic heterocycles. The highest BCUT2D eigenvalue weighted by Gasteiger charge is 2.24. The van der Waals surface area contributed by atoms with Gasteiger partial charge in [-0.1, -0.05) is 22.9 Å². The summed E-state index contributed by atoms with van der Waals surface area (Å²) in [4.78, 5) is 14.2. The van der Waals surface area contributed by atoms with Crippen LogP contribution in [-0.4, -0.2) is 36.5 Å². The molecule has 6 heteroatoms. The van der Waals surface area contributed by atoms with Crippen molar-refractivity contribution in [2.75, 3.05) is 25.0 Å². The van der Waals surface area contributed by atoms with Gasteiger partial charge in [-0.05, 0) is 53.0 Å². The third kappa shape index (κ3) is 4.28. The van der Waals surface area contributed by atoms with Gasteiger partial charge in [0.1, 0.15) is 0 Å². The van der Waals surface area contributed by atoms with Crippen molar-refractivity contribution in [2.45, 2.75) is 19.4 Å². The lowest BCUT2D eigenvalue weighted by atomic mass is 9.94. The number of rotatable bonds is 3. The van der Waals surface area contributed by atoms with Crippen LogP contribution in [0.2, 0.25) is 0 Å². The number of carbonyl (C=O) groups excluding carboxylic acids is 1. The number of anilines is 1. The fourth-order valence-electron chi connectivity index (χ4n) is 2.30. The molecule has 1 aromatic carbocycles. The molecule has 1 heterocycles. The predicted octanol–water partition coefficient (Wildman–Crippen LogP) is 2.82. The average molecular weight is 405 g/mol. The van der Waals surface area contributed by atoms with E-state index in [2.05, 4.69) is 49.0 Å². The minimum absolute atomic E-state index is 0.00484. The predicted molar refractivity (Wildman–Crippen MR) is 88.7 cm³/mol. The quantitative estimate of drug-likeness (QED) is 0.814. The Kier molecular flexibility index (Phi) is 5.60. The molecule has 1 amide bonds. The second kappa shape index (κ2) is 7.02. The molecule has 2 atom stereocenters. The van der Waals surface area contributed by atoms with Gasteiger partial charge < -0.3 is 11.1 Å². The number of benzene rings is 1. The maximum Gasteiger partial charge on any atom is 0.238 e. The Morgan fingerprint density at radius 2 is 2.25 bits per heavy atom. The zero-order chi connectivity index (χ0) is 14.7. The number of hydrogen-bond acceptors (Lipinski definition) is 3. The van der Waals surface area contributed by atoms with Gasteiger partial charge in [0, 0.05) is 21.5 Å². The Morgan fingerprint density at radius 3 is 2.90 bits per heavy atom. The second-order valence-corrected chi connectivity index (χ2v) is 7.11. The Balaban J connectivity index is 1.89. The molecule has 0 radical (unpaired) electrons. The fraction of sp³-hybridized carbons (Fsp3) is 0.500. The zero-order valence-corrected chi connectivity index (χ0v) is 14.6. The minimum Gasteiger partial charge on any atom is -0.326 e. The second-order valence-electron chi connectivity index (χ2n) is 5.34. The molecule has 1 aliphatic rings. The molecule has 2 unspecified atom stereocenters. The summed E-state index contributed by atoms with van der Waals surface area (Å²) in [6.45, 7) is 4.28. The molecule has 4 nitrogen and oxygen atoms in total. The number of carbonyl (C=O) groups is 1. The Labute approximate surface area is 136 Å². The van der Waals surface area contributed by atoms with E-state index in [4.69, 9.17) is 5.73 Å². The summed E-state index contributed by atoms with van der Waals surface area (Å²) >= 11 is 6.83. The van der Waals surface area contributed by atoms with Crippen molar-refractivity contribution in [3.63, 3.8) is 0 Å². The molecular weight excluding hydrogens is 386 g/mol. The van der Waals surface area contributed by atoms with Gasteiger partial charge in [-0.2, -0.15) is 0 Å². The maximum atomic E-state index is 12.1. The van der Waals surface area contributed by atoms with Crippen molar-refractivity contribution < 1.29 is 4.79 Å². The Hall–Kier alpha value is -0.430. The number of likely N-dealkylation sites (tertiary alicyclic amines) is 1. The molecule has 110 valence electrons. The summed E-state index contributed by atoms with van der Waals surface area (Å²) in [6, 6.07) is 5.85.